The minimum atomic E-state index is -1.67. The second-order valence-electron chi connectivity index (χ2n) is 21.4. The molecule has 11 heteroatoms. The highest BCUT2D eigenvalue weighted by Crippen LogP contribution is 2.24. The van der Waals surface area contributed by atoms with Crippen molar-refractivity contribution in [2.45, 2.75) is 339 Å². The fourth-order valence-corrected chi connectivity index (χ4v) is 9.84. The number of hydrogen-bond donors (Lipinski definition) is 8. The molecule has 0 aromatic carbocycles. The lowest BCUT2D eigenvalue weighted by atomic mass is 9.98. The highest BCUT2D eigenvalue weighted by molar-refractivity contribution is 5.81. The first-order chi connectivity index (χ1) is 34.7. The van der Waals surface area contributed by atoms with Crippen LogP contribution in [0.25, 0.3) is 0 Å². The van der Waals surface area contributed by atoms with E-state index in [4.69, 9.17) is 9.47 Å². The molecule has 1 rings (SSSR count). The number of ether oxygens (including phenoxy) is 2. The van der Waals surface area contributed by atoms with Crippen LogP contribution < -0.4 is 5.32 Å². The van der Waals surface area contributed by atoms with Crippen molar-refractivity contribution in [3.05, 3.63) is 24.3 Å². The summed E-state index contributed by atoms with van der Waals surface area (Å²) in [5, 5.41) is 75.9. The van der Waals surface area contributed by atoms with Gasteiger partial charge in [-0.05, 0) is 25.7 Å². The lowest BCUT2D eigenvalue weighted by Gasteiger charge is -2.40. The lowest BCUT2D eigenvalue weighted by molar-refractivity contribution is -0.303. The molecular formula is C60H115NO10. The van der Waals surface area contributed by atoms with Crippen molar-refractivity contribution in [2.24, 2.45) is 0 Å². The first-order valence-electron chi connectivity index (χ1n) is 30.2. The van der Waals surface area contributed by atoms with Gasteiger partial charge in [0, 0.05) is 6.42 Å². The normalized spacial score (nSPS) is 20.3. The molecule has 1 fully saturated rings. The van der Waals surface area contributed by atoms with Gasteiger partial charge in [-0.2, -0.15) is 0 Å². The van der Waals surface area contributed by atoms with E-state index in [-0.39, 0.29) is 6.42 Å². The summed E-state index contributed by atoms with van der Waals surface area (Å²) in [7, 11) is 0. The number of unbranched alkanes of at least 4 members (excludes halogenated alkanes) is 37. The molecule has 0 saturated carbocycles. The van der Waals surface area contributed by atoms with E-state index in [1.54, 1.807) is 6.08 Å². The van der Waals surface area contributed by atoms with Gasteiger partial charge < -0.3 is 50.5 Å². The number of allylic oxidation sites excluding steroid dienone is 3. The molecule has 8 N–H and O–H groups in total. The van der Waals surface area contributed by atoms with E-state index in [2.05, 4.69) is 31.3 Å². The third kappa shape index (κ3) is 37.9. The zero-order valence-corrected chi connectivity index (χ0v) is 46.0. The third-order valence-electron chi connectivity index (χ3n) is 14.8. The standard InChI is InChI=1S/C60H115NO10/c1-3-5-7-9-11-13-15-17-18-19-20-21-22-23-24-25-26-27-28-29-30-31-32-33-34-35-36-38-39-41-43-45-47-52(63)55(65)51(50-70-60-58(68)57(67)56(66)54(49-62)71-60)61-59(69)53(64)48-46-44-42-40-37-16-14-12-10-8-6-4-2/h37,40,44,46,51-58,60,62-68H,3-36,38-39,41-43,45,47-50H2,1-2H3,(H,61,69)/b40-37-,46-44-. The Morgan fingerprint density at radius 1 is 0.507 bits per heavy atom. The summed E-state index contributed by atoms with van der Waals surface area (Å²) in [6.07, 6.45) is 48.6. The van der Waals surface area contributed by atoms with Crippen molar-refractivity contribution >= 4 is 5.91 Å². The summed E-state index contributed by atoms with van der Waals surface area (Å²) in [6.45, 7) is 3.42. The Hall–Kier alpha value is -1.41. The summed E-state index contributed by atoms with van der Waals surface area (Å²) in [5.74, 6) is -0.761. The minimum Gasteiger partial charge on any atom is -0.394 e. The van der Waals surface area contributed by atoms with Crippen LogP contribution in [0.4, 0.5) is 0 Å². The minimum absolute atomic E-state index is 0.0513. The van der Waals surface area contributed by atoms with E-state index in [0.717, 1.165) is 25.7 Å². The van der Waals surface area contributed by atoms with Crippen molar-refractivity contribution in [1.29, 1.82) is 0 Å². The SMILES string of the molecule is CCCCCCCC/C=C\C/C=C\CC(O)C(=O)NC(COC1OC(CO)C(O)C(O)C1O)C(O)C(O)CCCCCCCCCCCCCCCCCCCCCCCCCCCCCCCCCC. The van der Waals surface area contributed by atoms with Gasteiger partial charge in [-0.25, -0.2) is 0 Å². The molecular weight excluding hydrogens is 895 g/mol. The van der Waals surface area contributed by atoms with Crippen LogP contribution in [0.2, 0.25) is 0 Å². The molecule has 11 nitrogen and oxygen atoms in total. The van der Waals surface area contributed by atoms with E-state index in [1.165, 1.54) is 218 Å². The predicted molar refractivity (Wildman–Crippen MR) is 293 cm³/mol. The van der Waals surface area contributed by atoms with Crippen molar-refractivity contribution < 1.29 is 50.0 Å². The maximum atomic E-state index is 13.1. The summed E-state index contributed by atoms with van der Waals surface area (Å²) in [4.78, 5) is 13.1. The number of nitrogens with one attached hydrogen (secondary N) is 1. The summed E-state index contributed by atoms with van der Waals surface area (Å²) in [6, 6.07) is -1.20. The van der Waals surface area contributed by atoms with Gasteiger partial charge in [-0.15, -0.1) is 0 Å². The number of rotatable bonds is 52. The van der Waals surface area contributed by atoms with Crippen LogP contribution in [0.15, 0.2) is 24.3 Å². The Bertz CT molecular complexity index is 1200. The largest absolute Gasteiger partial charge is 0.394 e. The molecule has 1 aliphatic heterocycles. The first kappa shape index (κ1) is 67.6. The van der Waals surface area contributed by atoms with Gasteiger partial charge in [0.15, 0.2) is 6.29 Å². The molecule has 420 valence electrons. The summed E-state index contributed by atoms with van der Waals surface area (Å²) in [5.41, 5.74) is 0. The Morgan fingerprint density at radius 2 is 0.887 bits per heavy atom. The molecule has 9 unspecified atom stereocenters. The average Bonchev–Trinajstić information content (AvgIpc) is 3.37. The summed E-state index contributed by atoms with van der Waals surface area (Å²) >= 11 is 0. The number of hydrogen-bond acceptors (Lipinski definition) is 10. The molecule has 71 heavy (non-hydrogen) atoms. The number of amides is 1. The molecule has 0 aliphatic carbocycles. The van der Waals surface area contributed by atoms with Crippen LogP contribution in [0.1, 0.15) is 284 Å². The number of aliphatic hydroxyl groups excluding tert-OH is 7. The molecule has 1 amide bonds. The van der Waals surface area contributed by atoms with Crippen LogP contribution in [0, 0.1) is 0 Å². The van der Waals surface area contributed by atoms with Gasteiger partial charge >= 0.3 is 0 Å². The van der Waals surface area contributed by atoms with Crippen molar-refractivity contribution in [1.82, 2.24) is 5.32 Å². The number of aliphatic hydroxyl groups is 7. The Kier molecular flexibility index (Phi) is 47.1. The van der Waals surface area contributed by atoms with Gasteiger partial charge in [0.1, 0.15) is 36.6 Å². The fraction of sp³-hybridized carbons (Fsp3) is 0.917. The highest BCUT2D eigenvalue weighted by atomic mass is 16.7. The van der Waals surface area contributed by atoms with Crippen molar-refractivity contribution in [3.63, 3.8) is 0 Å². The molecule has 0 aromatic rings. The van der Waals surface area contributed by atoms with Crippen LogP contribution in [-0.2, 0) is 14.3 Å². The smallest absolute Gasteiger partial charge is 0.249 e. The van der Waals surface area contributed by atoms with E-state index in [0.29, 0.717) is 19.3 Å². The maximum Gasteiger partial charge on any atom is 0.249 e. The van der Waals surface area contributed by atoms with Crippen LogP contribution in [0.5, 0.6) is 0 Å². The monoisotopic (exact) mass is 1010 g/mol. The van der Waals surface area contributed by atoms with E-state index >= 15 is 0 Å². The number of carbonyl (C=O) groups is 1. The second-order valence-corrected chi connectivity index (χ2v) is 21.4. The quantitative estimate of drug-likeness (QED) is 0.0215. The van der Waals surface area contributed by atoms with Gasteiger partial charge in [-0.1, -0.05) is 276 Å². The molecule has 0 spiro atoms. The molecule has 1 heterocycles. The van der Waals surface area contributed by atoms with Crippen LogP contribution >= 0.6 is 0 Å². The Morgan fingerprint density at radius 3 is 1.30 bits per heavy atom. The highest BCUT2D eigenvalue weighted by Gasteiger charge is 2.44. The average molecular weight is 1010 g/mol. The van der Waals surface area contributed by atoms with Gasteiger partial charge in [0.05, 0.1) is 25.4 Å². The maximum absolute atomic E-state index is 13.1. The van der Waals surface area contributed by atoms with Crippen LogP contribution in [0.3, 0.4) is 0 Å². The molecule has 9 atom stereocenters. The van der Waals surface area contributed by atoms with E-state index in [9.17, 15) is 40.5 Å². The van der Waals surface area contributed by atoms with E-state index < -0.39 is 74.2 Å². The van der Waals surface area contributed by atoms with Crippen molar-refractivity contribution in [2.75, 3.05) is 13.2 Å². The van der Waals surface area contributed by atoms with Gasteiger partial charge in [-0.3, -0.25) is 4.79 Å². The lowest BCUT2D eigenvalue weighted by Crippen LogP contribution is -2.60. The third-order valence-corrected chi connectivity index (χ3v) is 14.8. The van der Waals surface area contributed by atoms with Crippen molar-refractivity contribution in [3.8, 4) is 0 Å². The zero-order valence-electron chi connectivity index (χ0n) is 46.0. The molecule has 0 radical (unpaired) electrons. The number of carbonyl (C=O) groups excluding carboxylic acids is 1. The van der Waals surface area contributed by atoms with Gasteiger partial charge in [0.2, 0.25) is 5.91 Å². The molecule has 0 aromatic heterocycles. The second kappa shape index (κ2) is 49.5. The first-order valence-corrected chi connectivity index (χ1v) is 30.2. The topological polar surface area (TPSA) is 189 Å². The molecule has 1 aliphatic rings. The van der Waals surface area contributed by atoms with E-state index in [1.807, 2.05) is 6.08 Å². The van der Waals surface area contributed by atoms with Crippen LogP contribution in [-0.4, -0.2) is 110 Å². The summed E-state index contributed by atoms with van der Waals surface area (Å²) < 4.78 is 11.1. The Labute approximate surface area is 435 Å². The molecule has 0 bridgehead atoms. The predicted octanol–water partition coefficient (Wildman–Crippen LogP) is 12.9. The Balaban J connectivity index is 2.19. The zero-order chi connectivity index (χ0) is 51.8. The fourth-order valence-electron chi connectivity index (χ4n) is 9.84. The van der Waals surface area contributed by atoms with Gasteiger partial charge in [0.25, 0.3) is 0 Å². The molecule has 1 saturated heterocycles.